The molecule has 12 nitrogen and oxygen atoms in total. The van der Waals surface area contributed by atoms with Gasteiger partial charge in [-0.2, -0.15) is 0 Å². The smallest absolute Gasteiger partial charge is 0.410 e. The zero-order chi connectivity index (χ0) is 35.6. The lowest BCUT2D eigenvalue weighted by Crippen LogP contribution is -2.54. The van der Waals surface area contributed by atoms with Crippen LogP contribution < -0.4 is 5.32 Å². The first kappa shape index (κ1) is 35.2. The Hall–Kier alpha value is -4.59. The second-order valence-electron chi connectivity index (χ2n) is 14.0. The summed E-state index contributed by atoms with van der Waals surface area (Å²) >= 11 is 1.53. The van der Waals surface area contributed by atoms with E-state index in [0.717, 1.165) is 29.1 Å². The number of oxazole rings is 1. The van der Waals surface area contributed by atoms with Gasteiger partial charge in [-0.25, -0.2) is 14.8 Å². The van der Waals surface area contributed by atoms with Crippen molar-refractivity contribution in [3.05, 3.63) is 93.8 Å². The van der Waals surface area contributed by atoms with E-state index in [-0.39, 0.29) is 42.8 Å². The van der Waals surface area contributed by atoms with Crippen molar-refractivity contribution < 1.29 is 33.8 Å². The van der Waals surface area contributed by atoms with Gasteiger partial charge >= 0.3 is 6.09 Å². The minimum absolute atomic E-state index is 0.00956. The molecular weight excluding hydrogens is 659 g/mol. The van der Waals surface area contributed by atoms with Crippen molar-refractivity contribution in [2.45, 2.75) is 89.3 Å². The molecule has 0 spiro atoms. The summed E-state index contributed by atoms with van der Waals surface area (Å²) in [6.07, 6.45) is 2.07. The Bertz CT molecular complexity index is 1810. The third-order valence-corrected chi connectivity index (χ3v) is 9.99. The number of amides is 3. The number of aliphatic hydroxyl groups is 2. The molecule has 2 saturated heterocycles. The van der Waals surface area contributed by atoms with Gasteiger partial charge in [-0.05, 0) is 77.1 Å². The SMILES string of the molecule is Cc1csc([C@H]2CCCN2C(=O)c2cc(C(=O)N[C@@H](Cc3ccccc3)[C@H](O)C3CC(O)CN3C(=O)OC(C)(C)C)cc(-c3ncco3)c2)n1. The molecule has 4 aromatic rings. The van der Waals surface area contributed by atoms with Crippen LogP contribution in [0.1, 0.15) is 83.1 Å². The topological polar surface area (TPSA) is 158 Å². The Labute approximate surface area is 295 Å². The van der Waals surface area contributed by atoms with Crippen molar-refractivity contribution in [2.75, 3.05) is 13.1 Å². The number of carbonyl (C=O) groups excluding carboxylic acids is 3. The number of hydrogen-bond donors (Lipinski definition) is 3. The summed E-state index contributed by atoms with van der Waals surface area (Å²) in [5.41, 5.74) is 1.88. The molecule has 3 N–H and O–H groups in total. The molecule has 2 aliphatic heterocycles. The second-order valence-corrected chi connectivity index (χ2v) is 14.9. The van der Waals surface area contributed by atoms with E-state index in [0.29, 0.717) is 17.7 Å². The third kappa shape index (κ3) is 8.06. The third-order valence-electron chi connectivity index (χ3n) is 8.93. The van der Waals surface area contributed by atoms with Gasteiger partial charge in [0.05, 0.1) is 43.1 Å². The van der Waals surface area contributed by atoms with Gasteiger partial charge in [0.25, 0.3) is 11.8 Å². The fourth-order valence-electron chi connectivity index (χ4n) is 6.67. The van der Waals surface area contributed by atoms with E-state index in [4.69, 9.17) is 9.15 Å². The zero-order valence-corrected chi connectivity index (χ0v) is 29.4. The van der Waals surface area contributed by atoms with Crippen LogP contribution in [-0.2, 0) is 11.2 Å². The number of hydrogen-bond acceptors (Lipinski definition) is 10. The Morgan fingerprint density at radius 2 is 1.88 bits per heavy atom. The van der Waals surface area contributed by atoms with E-state index in [2.05, 4.69) is 15.3 Å². The van der Waals surface area contributed by atoms with Crippen LogP contribution in [0, 0.1) is 6.92 Å². The van der Waals surface area contributed by atoms with Crippen LogP contribution in [0.4, 0.5) is 4.79 Å². The summed E-state index contributed by atoms with van der Waals surface area (Å²) in [6.45, 7) is 7.71. The van der Waals surface area contributed by atoms with E-state index in [1.54, 1.807) is 43.9 Å². The van der Waals surface area contributed by atoms with E-state index < -0.39 is 41.9 Å². The van der Waals surface area contributed by atoms with Crippen LogP contribution in [0.5, 0.6) is 0 Å². The zero-order valence-electron chi connectivity index (χ0n) is 28.6. The number of carbonyl (C=O) groups is 3. The van der Waals surface area contributed by atoms with Crippen LogP contribution in [0.25, 0.3) is 11.5 Å². The predicted octanol–water partition coefficient (Wildman–Crippen LogP) is 5.16. The van der Waals surface area contributed by atoms with E-state index in [9.17, 15) is 24.6 Å². The molecule has 2 aromatic heterocycles. The largest absolute Gasteiger partial charge is 0.445 e. The number of benzene rings is 2. The first-order valence-corrected chi connectivity index (χ1v) is 17.7. The van der Waals surface area contributed by atoms with Gasteiger partial charge in [-0.1, -0.05) is 30.3 Å². The van der Waals surface area contributed by atoms with Crippen molar-refractivity contribution in [3.8, 4) is 11.5 Å². The Balaban J connectivity index is 1.31. The molecule has 50 heavy (non-hydrogen) atoms. The number of nitrogens with one attached hydrogen (secondary N) is 1. The second kappa shape index (κ2) is 14.7. The molecular formula is C37H43N5O7S. The van der Waals surface area contributed by atoms with Gasteiger partial charge in [0, 0.05) is 34.3 Å². The maximum Gasteiger partial charge on any atom is 0.410 e. The van der Waals surface area contributed by atoms with E-state index >= 15 is 0 Å². The molecule has 264 valence electrons. The Morgan fingerprint density at radius 1 is 1.12 bits per heavy atom. The lowest BCUT2D eigenvalue weighted by atomic mass is 9.94. The summed E-state index contributed by atoms with van der Waals surface area (Å²) in [5.74, 6) is -0.531. The maximum absolute atomic E-state index is 14.2. The van der Waals surface area contributed by atoms with Gasteiger partial charge in [0.2, 0.25) is 5.89 Å². The van der Waals surface area contributed by atoms with Crippen molar-refractivity contribution >= 4 is 29.2 Å². The van der Waals surface area contributed by atoms with Crippen LogP contribution in [-0.4, -0.2) is 90.9 Å². The molecule has 3 amide bonds. The van der Waals surface area contributed by atoms with Crippen molar-refractivity contribution in [1.29, 1.82) is 0 Å². The highest BCUT2D eigenvalue weighted by atomic mass is 32.1. The summed E-state index contributed by atoms with van der Waals surface area (Å²) in [5, 5.41) is 28.3. The van der Waals surface area contributed by atoms with Gasteiger partial charge in [-0.15, -0.1) is 11.3 Å². The molecule has 0 bridgehead atoms. The number of aliphatic hydroxyl groups excluding tert-OH is 2. The molecule has 0 radical (unpaired) electrons. The quantitative estimate of drug-likeness (QED) is 0.215. The van der Waals surface area contributed by atoms with Crippen LogP contribution in [0.3, 0.4) is 0 Å². The average Bonchev–Trinajstić information content (AvgIpc) is 3.91. The van der Waals surface area contributed by atoms with Crippen molar-refractivity contribution in [1.82, 2.24) is 25.1 Å². The normalized spacial score (nSPS) is 20.5. The highest BCUT2D eigenvalue weighted by molar-refractivity contribution is 7.09. The molecule has 2 unspecified atom stereocenters. The summed E-state index contributed by atoms with van der Waals surface area (Å²) in [7, 11) is 0. The summed E-state index contributed by atoms with van der Waals surface area (Å²) < 4.78 is 11.1. The predicted molar refractivity (Wildman–Crippen MR) is 187 cm³/mol. The molecule has 0 saturated carbocycles. The summed E-state index contributed by atoms with van der Waals surface area (Å²) in [4.78, 5) is 53.5. The number of aryl methyl sites for hydroxylation is 1. The van der Waals surface area contributed by atoms with Crippen LogP contribution in [0.15, 0.2) is 70.8 Å². The molecule has 2 aromatic carbocycles. The van der Waals surface area contributed by atoms with Crippen molar-refractivity contribution in [3.63, 3.8) is 0 Å². The highest BCUT2D eigenvalue weighted by Crippen LogP contribution is 2.35. The van der Waals surface area contributed by atoms with Crippen LogP contribution in [0.2, 0.25) is 0 Å². The van der Waals surface area contributed by atoms with Crippen molar-refractivity contribution in [2.24, 2.45) is 0 Å². The van der Waals surface area contributed by atoms with Gasteiger partial charge in [-0.3, -0.25) is 14.5 Å². The number of ether oxygens (including phenoxy) is 1. The monoisotopic (exact) mass is 701 g/mol. The van der Waals surface area contributed by atoms with Gasteiger partial charge in [0.15, 0.2) is 0 Å². The summed E-state index contributed by atoms with van der Waals surface area (Å²) in [6, 6.07) is 12.3. The fraction of sp³-hybridized carbons (Fsp3) is 0.432. The first-order chi connectivity index (χ1) is 23.9. The first-order valence-electron chi connectivity index (χ1n) is 16.8. The number of nitrogens with zero attached hydrogens (tertiary/aromatic N) is 4. The van der Waals surface area contributed by atoms with E-state index in [1.807, 2.05) is 42.6 Å². The Kier molecular flexibility index (Phi) is 10.4. The molecule has 0 aliphatic carbocycles. The number of aromatic nitrogens is 2. The number of thiazole rings is 1. The molecule has 5 atom stereocenters. The number of rotatable bonds is 9. The molecule has 6 rings (SSSR count). The highest BCUT2D eigenvalue weighted by Gasteiger charge is 2.43. The molecule has 2 aliphatic rings. The minimum Gasteiger partial charge on any atom is -0.445 e. The minimum atomic E-state index is -1.27. The lowest BCUT2D eigenvalue weighted by Gasteiger charge is -2.34. The lowest BCUT2D eigenvalue weighted by molar-refractivity contribution is -0.00187. The molecule has 4 heterocycles. The van der Waals surface area contributed by atoms with Gasteiger partial charge in [0.1, 0.15) is 16.9 Å². The number of likely N-dealkylation sites (tertiary alicyclic amines) is 2. The number of β-amino-alcohol motifs (C(OH)–C–C–N with tert-alkyl or cyclic N) is 1. The van der Waals surface area contributed by atoms with Crippen LogP contribution >= 0.6 is 11.3 Å². The molecule has 2 fully saturated rings. The fourth-order valence-corrected chi connectivity index (χ4v) is 7.61. The molecule has 13 heteroatoms. The maximum atomic E-state index is 14.2. The average molecular weight is 702 g/mol. The van der Waals surface area contributed by atoms with E-state index in [1.165, 1.54) is 28.7 Å². The Morgan fingerprint density at radius 3 is 2.56 bits per heavy atom. The van der Waals surface area contributed by atoms with Gasteiger partial charge < -0.3 is 29.6 Å². The standard InChI is InChI=1S/C37H43N5O7S/c1-22-21-50-34(39-22)29-11-8-13-41(29)35(46)26-17-24(16-25(18-26)33-38-12-14-48-33)32(45)40-28(15-23-9-6-5-7-10-23)31(44)30-19-27(43)20-42(30)36(47)49-37(2,3)4/h5-7,9-10,12,14,16-18,21,27-31,43-44H,8,11,13,15,19-20H2,1-4H3,(H,40,45)/t27?,28-,29+,30?,31-/m0/s1.